The number of amides is 2. The molecular formula is C29H33F2N3O4S. The minimum absolute atomic E-state index is 0.0474. The fraction of sp³-hybridized carbons (Fsp3) is 0.310. The van der Waals surface area contributed by atoms with Crippen LogP contribution < -0.4 is 9.62 Å². The molecule has 39 heavy (non-hydrogen) atoms. The summed E-state index contributed by atoms with van der Waals surface area (Å²) >= 11 is 0. The molecule has 0 heterocycles. The third-order valence-electron chi connectivity index (χ3n) is 5.93. The average molecular weight is 558 g/mol. The Kier molecular flexibility index (Phi) is 9.11. The van der Waals surface area contributed by atoms with Crippen LogP contribution in [0.2, 0.25) is 0 Å². The van der Waals surface area contributed by atoms with E-state index < -0.39 is 51.6 Å². The highest BCUT2D eigenvalue weighted by Crippen LogP contribution is 2.25. The molecule has 0 aromatic heterocycles. The van der Waals surface area contributed by atoms with Crippen molar-refractivity contribution in [3.05, 3.63) is 95.6 Å². The second-order valence-electron chi connectivity index (χ2n) is 10.4. The molecule has 0 aliphatic heterocycles. The smallest absolute Gasteiger partial charge is 0.264 e. The number of sulfonamides is 1. The molecule has 1 N–H and O–H groups in total. The molecule has 0 radical (unpaired) electrons. The van der Waals surface area contributed by atoms with Crippen molar-refractivity contribution < 1.29 is 26.8 Å². The van der Waals surface area contributed by atoms with Gasteiger partial charge in [0.05, 0.1) is 10.6 Å². The zero-order chi connectivity index (χ0) is 29.0. The number of hydrogen-bond acceptors (Lipinski definition) is 4. The predicted molar refractivity (Wildman–Crippen MR) is 146 cm³/mol. The highest BCUT2D eigenvalue weighted by atomic mass is 32.2. The van der Waals surface area contributed by atoms with Crippen LogP contribution >= 0.6 is 0 Å². The van der Waals surface area contributed by atoms with E-state index in [2.05, 4.69) is 5.32 Å². The molecule has 3 rings (SSSR count). The third kappa shape index (κ3) is 7.86. The van der Waals surface area contributed by atoms with Crippen molar-refractivity contribution in [3.63, 3.8) is 0 Å². The maximum absolute atomic E-state index is 13.8. The molecule has 1 atom stereocenters. The minimum Gasteiger partial charge on any atom is -0.350 e. The van der Waals surface area contributed by atoms with Gasteiger partial charge in [-0.05, 0) is 88.7 Å². The van der Waals surface area contributed by atoms with Crippen molar-refractivity contribution in [2.75, 3.05) is 10.8 Å². The van der Waals surface area contributed by atoms with Gasteiger partial charge in [0.15, 0.2) is 0 Å². The fourth-order valence-electron chi connectivity index (χ4n) is 3.82. The largest absolute Gasteiger partial charge is 0.350 e. The van der Waals surface area contributed by atoms with Gasteiger partial charge in [0.2, 0.25) is 11.8 Å². The summed E-state index contributed by atoms with van der Waals surface area (Å²) in [5, 5.41) is 2.84. The van der Waals surface area contributed by atoms with Crippen molar-refractivity contribution in [3.8, 4) is 0 Å². The van der Waals surface area contributed by atoms with E-state index >= 15 is 0 Å². The number of carbonyl (C=O) groups is 2. The number of rotatable bonds is 9. The number of benzene rings is 3. The Labute approximate surface area is 228 Å². The summed E-state index contributed by atoms with van der Waals surface area (Å²) in [7, 11) is -4.25. The standard InChI is InChI=1S/C29H33F2N3O4S/c1-20-6-16-26(17-7-20)39(37,38)34(25-14-12-24(31)13-15-25)19-27(35)33(18-22-8-10-23(30)11-9-22)21(2)28(36)32-29(3,4)5/h6-17,21H,18-19H2,1-5H3,(H,32,36)/t21-/m1/s1. The number of halogens is 2. The van der Waals surface area contributed by atoms with Gasteiger partial charge < -0.3 is 10.2 Å². The van der Waals surface area contributed by atoms with Crippen LogP contribution in [-0.2, 0) is 26.2 Å². The van der Waals surface area contributed by atoms with E-state index in [0.29, 0.717) is 5.56 Å². The number of anilines is 1. The Morgan fingerprint density at radius 1 is 0.872 bits per heavy atom. The van der Waals surface area contributed by atoms with Crippen LogP contribution in [0.3, 0.4) is 0 Å². The van der Waals surface area contributed by atoms with Crippen molar-refractivity contribution in [2.24, 2.45) is 0 Å². The first-order valence-electron chi connectivity index (χ1n) is 12.4. The molecule has 0 aliphatic rings. The second-order valence-corrected chi connectivity index (χ2v) is 12.2. The first kappa shape index (κ1) is 29.8. The van der Waals surface area contributed by atoms with E-state index in [4.69, 9.17) is 0 Å². The molecule has 10 heteroatoms. The van der Waals surface area contributed by atoms with E-state index in [1.807, 2.05) is 6.92 Å². The number of carbonyl (C=O) groups excluding carboxylic acids is 2. The molecule has 0 spiro atoms. The lowest BCUT2D eigenvalue weighted by Gasteiger charge is -2.33. The molecule has 0 aliphatic carbocycles. The SMILES string of the molecule is Cc1ccc(S(=O)(=O)N(CC(=O)N(Cc2ccc(F)cc2)[C@H](C)C(=O)NC(C)(C)C)c2ccc(F)cc2)cc1. The van der Waals surface area contributed by atoms with Gasteiger partial charge in [-0.3, -0.25) is 13.9 Å². The summed E-state index contributed by atoms with van der Waals surface area (Å²) in [6.45, 7) is 8.03. The quantitative estimate of drug-likeness (QED) is 0.410. The fourth-order valence-corrected chi connectivity index (χ4v) is 5.23. The summed E-state index contributed by atoms with van der Waals surface area (Å²) in [6, 6.07) is 15.4. The Bertz CT molecular complexity index is 1400. The predicted octanol–water partition coefficient (Wildman–Crippen LogP) is 4.80. The van der Waals surface area contributed by atoms with Gasteiger partial charge >= 0.3 is 0 Å². The minimum atomic E-state index is -4.25. The summed E-state index contributed by atoms with van der Waals surface area (Å²) in [6.07, 6.45) is 0. The van der Waals surface area contributed by atoms with Gasteiger partial charge in [0, 0.05) is 12.1 Å². The van der Waals surface area contributed by atoms with Gasteiger partial charge in [-0.25, -0.2) is 17.2 Å². The molecule has 7 nitrogen and oxygen atoms in total. The van der Waals surface area contributed by atoms with Gasteiger partial charge in [-0.2, -0.15) is 0 Å². The lowest BCUT2D eigenvalue weighted by atomic mass is 10.1. The van der Waals surface area contributed by atoms with Crippen LogP contribution in [-0.4, -0.2) is 43.3 Å². The molecule has 0 saturated heterocycles. The molecular weight excluding hydrogens is 524 g/mol. The number of aryl methyl sites for hydroxylation is 1. The third-order valence-corrected chi connectivity index (χ3v) is 7.72. The maximum Gasteiger partial charge on any atom is 0.264 e. The lowest BCUT2D eigenvalue weighted by Crippen LogP contribution is -2.54. The molecule has 0 fully saturated rings. The molecule has 3 aromatic rings. The van der Waals surface area contributed by atoms with Crippen LogP contribution in [0.15, 0.2) is 77.7 Å². The van der Waals surface area contributed by atoms with E-state index in [1.165, 1.54) is 53.4 Å². The Hall–Kier alpha value is -3.79. The number of hydrogen-bond donors (Lipinski definition) is 1. The summed E-state index contributed by atoms with van der Waals surface area (Å²) in [5.41, 5.74) is 0.904. The van der Waals surface area contributed by atoms with Gasteiger partial charge in [0.25, 0.3) is 10.0 Å². The molecule has 208 valence electrons. The lowest BCUT2D eigenvalue weighted by molar-refractivity contribution is -0.140. The molecule has 0 bridgehead atoms. The Balaban J connectivity index is 2.02. The van der Waals surface area contributed by atoms with Crippen molar-refractivity contribution in [1.29, 1.82) is 0 Å². The Morgan fingerprint density at radius 2 is 1.38 bits per heavy atom. The van der Waals surface area contributed by atoms with Crippen molar-refractivity contribution in [2.45, 2.75) is 57.6 Å². The molecule has 0 unspecified atom stereocenters. The second kappa shape index (κ2) is 11.9. The summed E-state index contributed by atoms with van der Waals surface area (Å²) in [5.74, 6) is -2.13. The van der Waals surface area contributed by atoms with Crippen LogP contribution in [0.4, 0.5) is 14.5 Å². The summed E-state index contributed by atoms with van der Waals surface area (Å²) in [4.78, 5) is 28.1. The highest BCUT2D eigenvalue weighted by Gasteiger charge is 2.33. The highest BCUT2D eigenvalue weighted by molar-refractivity contribution is 7.92. The van der Waals surface area contributed by atoms with E-state index in [9.17, 15) is 26.8 Å². The van der Waals surface area contributed by atoms with E-state index in [-0.39, 0.29) is 17.1 Å². The zero-order valence-corrected chi connectivity index (χ0v) is 23.4. The first-order valence-corrected chi connectivity index (χ1v) is 13.8. The zero-order valence-electron chi connectivity index (χ0n) is 22.6. The van der Waals surface area contributed by atoms with E-state index in [1.54, 1.807) is 39.8 Å². The average Bonchev–Trinajstić information content (AvgIpc) is 2.86. The van der Waals surface area contributed by atoms with Gasteiger partial charge in [-0.1, -0.05) is 29.8 Å². The monoisotopic (exact) mass is 557 g/mol. The van der Waals surface area contributed by atoms with Gasteiger partial charge in [0.1, 0.15) is 24.2 Å². The molecule has 0 saturated carbocycles. The molecule has 3 aromatic carbocycles. The van der Waals surface area contributed by atoms with E-state index in [0.717, 1.165) is 22.0 Å². The topological polar surface area (TPSA) is 86.8 Å². The number of nitrogens with one attached hydrogen (secondary N) is 1. The van der Waals surface area contributed by atoms with Crippen LogP contribution in [0.5, 0.6) is 0 Å². The number of nitrogens with zero attached hydrogens (tertiary/aromatic N) is 2. The van der Waals surface area contributed by atoms with Crippen molar-refractivity contribution >= 4 is 27.5 Å². The first-order chi connectivity index (χ1) is 18.2. The Morgan fingerprint density at radius 3 is 1.90 bits per heavy atom. The summed E-state index contributed by atoms with van der Waals surface area (Å²) < 4.78 is 55.5. The normalized spacial score (nSPS) is 12.5. The van der Waals surface area contributed by atoms with Gasteiger partial charge in [-0.15, -0.1) is 0 Å². The van der Waals surface area contributed by atoms with Crippen LogP contribution in [0.25, 0.3) is 0 Å². The van der Waals surface area contributed by atoms with Crippen molar-refractivity contribution in [1.82, 2.24) is 10.2 Å². The molecule has 2 amide bonds. The maximum atomic E-state index is 13.8. The van der Waals surface area contributed by atoms with Crippen LogP contribution in [0, 0.1) is 18.6 Å². The van der Waals surface area contributed by atoms with Crippen LogP contribution in [0.1, 0.15) is 38.8 Å².